The number of thiol groups is 1. The van der Waals surface area contributed by atoms with Crippen LogP contribution < -0.4 is 0 Å². The van der Waals surface area contributed by atoms with Crippen molar-refractivity contribution in [3.05, 3.63) is 28.5 Å². The van der Waals surface area contributed by atoms with E-state index in [-0.39, 0.29) is 0 Å². The standard InChI is InChI=1S/C9H13BrN2S/c1-2-5-12(13)7-8-3-4-9(10)11-6-8/h3-4,6,13H,2,5,7H2,1H3. The van der Waals surface area contributed by atoms with Crippen molar-refractivity contribution in [1.82, 2.24) is 9.29 Å². The van der Waals surface area contributed by atoms with Crippen molar-refractivity contribution >= 4 is 28.7 Å². The van der Waals surface area contributed by atoms with Crippen LogP contribution in [0.2, 0.25) is 0 Å². The lowest BCUT2D eigenvalue weighted by atomic mass is 10.3. The van der Waals surface area contributed by atoms with E-state index in [0.29, 0.717) is 0 Å². The third-order valence-electron chi connectivity index (χ3n) is 1.64. The van der Waals surface area contributed by atoms with Crippen molar-refractivity contribution in [1.29, 1.82) is 0 Å². The lowest BCUT2D eigenvalue weighted by molar-refractivity contribution is 0.470. The van der Waals surface area contributed by atoms with Gasteiger partial charge in [-0.05, 0) is 34.0 Å². The second-order valence-electron chi connectivity index (χ2n) is 2.88. The third-order valence-corrected chi connectivity index (χ3v) is 2.45. The minimum Gasteiger partial charge on any atom is -0.249 e. The summed E-state index contributed by atoms with van der Waals surface area (Å²) in [4.78, 5) is 4.15. The van der Waals surface area contributed by atoms with Gasteiger partial charge < -0.3 is 0 Å². The molecule has 0 aromatic carbocycles. The molecule has 0 aliphatic carbocycles. The molecule has 1 aromatic rings. The molecular weight excluding hydrogens is 248 g/mol. The summed E-state index contributed by atoms with van der Waals surface area (Å²) in [6.07, 6.45) is 2.98. The van der Waals surface area contributed by atoms with Crippen molar-refractivity contribution < 1.29 is 0 Å². The van der Waals surface area contributed by atoms with E-state index in [0.717, 1.165) is 24.1 Å². The van der Waals surface area contributed by atoms with Gasteiger partial charge in [0.25, 0.3) is 0 Å². The Kier molecular flexibility index (Phi) is 4.77. The minimum absolute atomic E-state index is 0.844. The van der Waals surface area contributed by atoms with Crippen LogP contribution in [0.25, 0.3) is 0 Å². The van der Waals surface area contributed by atoms with Gasteiger partial charge in [-0.15, -0.1) is 0 Å². The smallest absolute Gasteiger partial charge is 0.106 e. The van der Waals surface area contributed by atoms with E-state index in [1.54, 1.807) is 0 Å². The van der Waals surface area contributed by atoms with E-state index >= 15 is 0 Å². The van der Waals surface area contributed by atoms with E-state index in [9.17, 15) is 0 Å². The molecule has 0 unspecified atom stereocenters. The van der Waals surface area contributed by atoms with Crippen molar-refractivity contribution in [3.63, 3.8) is 0 Å². The van der Waals surface area contributed by atoms with Crippen LogP contribution in [0, 0.1) is 0 Å². The first-order valence-corrected chi connectivity index (χ1v) is 5.46. The molecule has 72 valence electrons. The zero-order valence-electron chi connectivity index (χ0n) is 7.57. The van der Waals surface area contributed by atoms with E-state index in [4.69, 9.17) is 0 Å². The van der Waals surface area contributed by atoms with Crippen LogP contribution >= 0.6 is 28.7 Å². The molecule has 0 atom stereocenters. The summed E-state index contributed by atoms with van der Waals surface area (Å²) in [7, 11) is 0. The fourth-order valence-corrected chi connectivity index (χ4v) is 1.65. The summed E-state index contributed by atoms with van der Waals surface area (Å²) in [6.45, 7) is 3.99. The molecule has 0 aliphatic rings. The Labute approximate surface area is 93.0 Å². The molecule has 0 fully saturated rings. The molecule has 0 aliphatic heterocycles. The molecule has 1 rings (SSSR count). The molecule has 0 bridgehead atoms. The monoisotopic (exact) mass is 260 g/mol. The number of hydrogen-bond acceptors (Lipinski definition) is 3. The highest BCUT2D eigenvalue weighted by atomic mass is 79.9. The zero-order valence-corrected chi connectivity index (χ0v) is 10.1. The van der Waals surface area contributed by atoms with Crippen LogP contribution in [0.4, 0.5) is 0 Å². The van der Waals surface area contributed by atoms with Crippen LogP contribution in [0.1, 0.15) is 18.9 Å². The Morgan fingerprint density at radius 3 is 2.85 bits per heavy atom. The number of rotatable bonds is 4. The lowest BCUT2D eigenvalue weighted by Crippen LogP contribution is -2.12. The first kappa shape index (κ1) is 11.0. The lowest BCUT2D eigenvalue weighted by Gasteiger charge is -2.13. The summed E-state index contributed by atoms with van der Waals surface area (Å²) in [6, 6.07) is 4.00. The summed E-state index contributed by atoms with van der Waals surface area (Å²) < 4.78 is 2.86. The molecule has 2 nitrogen and oxygen atoms in total. The summed E-state index contributed by atoms with van der Waals surface area (Å²) >= 11 is 7.64. The zero-order chi connectivity index (χ0) is 9.68. The van der Waals surface area contributed by atoms with Gasteiger partial charge in [-0.2, -0.15) is 0 Å². The highest BCUT2D eigenvalue weighted by Crippen LogP contribution is 2.09. The van der Waals surface area contributed by atoms with Gasteiger partial charge in [0.05, 0.1) is 0 Å². The van der Waals surface area contributed by atoms with Gasteiger partial charge in [0, 0.05) is 19.3 Å². The van der Waals surface area contributed by atoms with E-state index in [1.165, 1.54) is 5.56 Å². The third kappa shape index (κ3) is 4.11. The molecule has 0 amide bonds. The van der Waals surface area contributed by atoms with Crippen molar-refractivity contribution in [3.8, 4) is 0 Å². The summed E-state index contributed by atoms with van der Waals surface area (Å²) in [5.74, 6) is 0. The van der Waals surface area contributed by atoms with E-state index in [1.807, 2.05) is 16.6 Å². The predicted molar refractivity (Wildman–Crippen MR) is 61.6 cm³/mol. The van der Waals surface area contributed by atoms with Gasteiger partial charge in [0.15, 0.2) is 0 Å². The van der Waals surface area contributed by atoms with Crippen LogP contribution in [-0.2, 0) is 6.54 Å². The first-order chi connectivity index (χ1) is 6.22. The molecular formula is C9H13BrN2S. The molecule has 1 aromatic heterocycles. The second-order valence-corrected chi connectivity index (χ2v) is 4.26. The number of pyridine rings is 1. The van der Waals surface area contributed by atoms with Gasteiger partial charge in [-0.25, -0.2) is 9.29 Å². The van der Waals surface area contributed by atoms with Crippen molar-refractivity contribution in [2.45, 2.75) is 19.9 Å². The highest BCUT2D eigenvalue weighted by Gasteiger charge is 1.99. The second kappa shape index (κ2) is 5.62. The van der Waals surface area contributed by atoms with Crippen LogP contribution in [0.3, 0.4) is 0 Å². The molecule has 4 heteroatoms. The van der Waals surface area contributed by atoms with Gasteiger partial charge in [0.2, 0.25) is 0 Å². The summed E-state index contributed by atoms with van der Waals surface area (Å²) in [5, 5.41) is 0. The minimum atomic E-state index is 0.844. The molecule has 0 saturated heterocycles. The average molecular weight is 261 g/mol. The predicted octanol–water partition coefficient (Wildman–Crippen LogP) is 2.90. The molecule has 13 heavy (non-hydrogen) atoms. The van der Waals surface area contributed by atoms with Crippen molar-refractivity contribution in [2.24, 2.45) is 0 Å². The van der Waals surface area contributed by atoms with Gasteiger partial charge in [-0.3, -0.25) is 0 Å². The number of aromatic nitrogens is 1. The average Bonchev–Trinajstić information content (AvgIpc) is 2.09. The number of nitrogens with zero attached hydrogens (tertiary/aromatic N) is 2. The quantitative estimate of drug-likeness (QED) is 0.662. The van der Waals surface area contributed by atoms with Gasteiger partial charge in [-0.1, -0.05) is 25.8 Å². The van der Waals surface area contributed by atoms with E-state index in [2.05, 4.69) is 46.7 Å². The Balaban J connectivity index is 2.49. The van der Waals surface area contributed by atoms with Crippen LogP contribution in [0.5, 0.6) is 0 Å². The fraction of sp³-hybridized carbons (Fsp3) is 0.444. The maximum atomic E-state index is 4.34. The topological polar surface area (TPSA) is 16.1 Å². The molecule has 1 heterocycles. The van der Waals surface area contributed by atoms with Gasteiger partial charge in [0.1, 0.15) is 4.60 Å². The molecule has 0 spiro atoms. The van der Waals surface area contributed by atoms with Gasteiger partial charge >= 0.3 is 0 Å². The number of hydrogen-bond donors (Lipinski definition) is 1. The Hall–Kier alpha value is -0.0600. The highest BCUT2D eigenvalue weighted by molar-refractivity contribution is 9.10. The largest absolute Gasteiger partial charge is 0.249 e. The van der Waals surface area contributed by atoms with Crippen LogP contribution in [0.15, 0.2) is 22.9 Å². The normalized spacial score (nSPS) is 10.8. The fourth-order valence-electron chi connectivity index (χ4n) is 1.05. The molecule has 0 N–H and O–H groups in total. The Morgan fingerprint density at radius 2 is 2.31 bits per heavy atom. The summed E-state index contributed by atoms with van der Waals surface area (Å²) in [5.41, 5.74) is 1.19. The first-order valence-electron chi connectivity index (χ1n) is 4.26. The van der Waals surface area contributed by atoms with E-state index < -0.39 is 0 Å². The van der Waals surface area contributed by atoms with Crippen molar-refractivity contribution in [2.75, 3.05) is 6.54 Å². The molecule has 0 radical (unpaired) electrons. The maximum absolute atomic E-state index is 4.34. The Morgan fingerprint density at radius 1 is 1.54 bits per heavy atom. The Bertz CT molecular complexity index is 250. The maximum Gasteiger partial charge on any atom is 0.106 e. The van der Waals surface area contributed by atoms with Crippen LogP contribution in [-0.4, -0.2) is 15.8 Å². The number of halogens is 1. The SMILES string of the molecule is CCCN(S)Cc1ccc(Br)nc1. The molecule has 0 saturated carbocycles.